The number of ether oxygens (including phenoxy) is 1. The van der Waals surface area contributed by atoms with Crippen molar-refractivity contribution in [3.63, 3.8) is 0 Å². The first-order valence-electron chi connectivity index (χ1n) is 9.21. The molecule has 0 saturated carbocycles. The summed E-state index contributed by atoms with van der Waals surface area (Å²) in [6.45, 7) is 6.74. The molecule has 1 N–H and O–H groups in total. The number of nitrogens with zero attached hydrogens (tertiary/aromatic N) is 3. The van der Waals surface area contributed by atoms with Gasteiger partial charge in [0, 0.05) is 6.42 Å². The van der Waals surface area contributed by atoms with Gasteiger partial charge < -0.3 is 9.84 Å². The van der Waals surface area contributed by atoms with E-state index in [-0.39, 0.29) is 0 Å². The number of allylic oxidation sites excluding steroid dienone is 1. The Kier molecular flexibility index (Phi) is 6.22. The molecule has 0 aliphatic carbocycles. The van der Waals surface area contributed by atoms with E-state index in [1.165, 1.54) is 0 Å². The highest BCUT2D eigenvalue weighted by molar-refractivity contribution is 5.95. The molecule has 1 aromatic heterocycles. The highest BCUT2D eigenvalue weighted by atomic mass is 16.5. The number of benzene rings is 2. The van der Waals surface area contributed by atoms with Crippen LogP contribution in [-0.2, 0) is 13.0 Å². The van der Waals surface area contributed by atoms with E-state index in [9.17, 15) is 9.90 Å². The molecule has 0 fully saturated rings. The number of aromatic nitrogens is 3. The predicted octanol–water partition coefficient (Wildman–Crippen LogP) is 4.21. The molecule has 3 rings (SSSR count). The third-order valence-electron chi connectivity index (χ3n) is 4.33. The molecular formula is C22H23N3O3. The molecule has 3 aromatic rings. The van der Waals surface area contributed by atoms with Crippen LogP contribution in [0.1, 0.15) is 35.1 Å². The van der Waals surface area contributed by atoms with E-state index in [1.807, 2.05) is 54.1 Å². The normalized spacial score (nSPS) is 10.6. The van der Waals surface area contributed by atoms with Crippen molar-refractivity contribution in [2.45, 2.75) is 26.3 Å². The molecular weight excluding hydrogens is 354 g/mol. The third kappa shape index (κ3) is 4.46. The minimum Gasteiger partial charge on any atom is -0.478 e. The predicted molar refractivity (Wildman–Crippen MR) is 108 cm³/mol. The zero-order valence-corrected chi connectivity index (χ0v) is 15.8. The zero-order chi connectivity index (χ0) is 19.9. The molecule has 1 heterocycles. The minimum atomic E-state index is -0.933. The second kappa shape index (κ2) is 8.99. The van der Waals surface area contributed by atoms with E-state index in [1.54, 1.807) is 12.1 Å². The molecule has 144 valence electrons. The molecule has 0 aliphatic rings. The van der Waals surface area contributed by atoms with Crippen molar-refractivity contribution in [2.24, 2.45) is 0 Å². The SMILES string of the molecule is C=CCCc1nc(OCC)nn1Cc1ccc(-c2ccccc2C(=O)O)cc1. The summed E-state index contributed by atoms with van der Waals surface area (Å²) >= 11 is 0. The number of rotatable bonds is 9. The number of hydrogen-bond acceptors (Lipinski definition) is 4. The van der Waals surface area contributed by atoms with Crippen LogP contribution in [0.3, 0.4) is 0 Å². The van der Waals surface area contributed by atoms with E-state index in [0.29, 0.717) is 30.3 Å². The number of aryl methyl sites for hydroxylation is 1. The van der Waals surface area contributed by atoms with Crippen LogP contribution < -0.4 is 4.74 Å². The van der Waals surface area contributed by atoms with Gasteiger partial charge >= 0.3 is 12.0 Å². The van der Waals surface area contributed by atoms with E-state index >= 15 is 0 Å². The first kappa shape index (κ1) is 19.4. The minimum absolute atomic E-state index is 0.291. The second-order valence-electron chi connectivity index (χ2n) is 6.28. The van der Waals surface area contributed by atoms with Crippen LogP contribution in [-0.4, -0.2) is 32.4 Å². The van der Waals surface area contributed by atoms with Gasteiger partial charge in [0.25, 0.3) is 0 Å². The number of aromatic carboxylic acids is 1. The Balaban J connectivity index is 1.83. The van der Waals surface area contributed by atoms with E-state index < -0.39 is 5.97 Å². The molecule has 6 heteroatoms. The maximum absolute atomic E-state index is 11.4. The van der Waals surface area contributed by atoms with Crippen molar-refractivity contribution in [3.8, 4) is 17.1 Å². The van der Waals surface area contributed by atoms with Crippen LogP contribution in [0, 0.1) is 0 Å². The van der Waals surface area contributed by atoms with Crippen molar-refractivity contribution in [3.05, 3.63) is 78.1 Å². The fraction of sp³-hybridized carbons (Fsp3) is 0.227. The molecule has 0 radical (unpaired) electrons. The van der Waals surface area contributed by atoms with Crippen LogP contribution in [0.25, 0.3) is 11.1 Å². The number of carbonyl (C=O) groups is 1. The summed E-state index contributed by atoms with van der Waals surface area (Å²) in [5.41, 5.74) is 2.90. The van der Waals surface area contributed by atoms with Crippen LogP contribution in [0.2, 0.25) is 0 Å². The van der Waals surface area contributed by atoms with Crippen molar-refractivity contribution >= 4 is 5.97 Å². The molecule has 0 saturated heterocycles. The zero-order valence-electron chi connectivity index (χ0n) is 15.8. The van der Waals surface area contributed by atoms with Gasteiger partial charge in [-0.25, -0.2) is 9.48 Å². The molecule has 28 heavy (non-hydrogen) atoms. The molecule has 6 nitrogen and oxygen atoms in total. The Hall–Kier alpha value is -3.41. The topological polar surface area (TPSA) is 77.2 Å². The van der Waals surface area contributed by atoms with Gasteiger partial charge in [-0.3, -0.25) is 0 Å². The van der Waals surface area contributed by atoms with Crippen molar-refractivity contribution < 1.29 is 14.6 Å². The lowest BCUT2D eigenvalue weighted by Gasteiger charge is -2.09. The van der Waals surface area contributed by atoms with Gasteiger partial charge in [-0.05, 0) is 36.1 Å². The van der Waals surface area contributed by atoms with E-state index in [2.05, 4.69) is 16.7 Å². The van der Waals surface area contributed by atoms with Crippen LogP contribution in [0.4, 0.5) is 0 Å². The lowest BCUT2D eigenvalue weighted by atomic mass is 9.99. The Labute approximate surface area is 164 Å². The van der Waals surface area contributed by atoms with Gasteiger partial charge in [0.15, 0.2) is 0 Å². The van der Waals surface area contributed by atoms with Gasteiger partial charge in [-0.2, -0.15) is 4.98 Å². The molecule has 0 unspecified atom stereocenters. The molecule has 0 aliphatic heterocycles. The monoisotopic (exact) mass is 377 g/mol. The average molecular weight is 377 g/mol. The van der Waals surface area contributed by atoms with Crippen molar-refractivity contribution in [2.75, 3.05) is 6.61 Å². The standard InChI is InChI=1S/C22H23N3O3/c1-3-5-10-20-23-22(28-4-2)24-25(20)15-16-11-13-17(14-12-16)18-8-6-7-9-19(18)21(26)27/h3,6-9,11-14H,1,4-5,10,15H2,2H3,(H,26,27). The quantitative estimate of drug-likeness (QED) is 0.565. The Morgan fingerprint density at radius 2 is 1.96 bits per heavy atom. The summed E-state index contributed by atoms with van der Waals surface area (Å²) in [7, 11) is 0. The lowest BCUT2D eigenvalue weighted by Crippen LogP contribution is -2.07. The first-order chi connectivity index (χ1) is 13.6. The molecule has 0 bridgehead atoms. The van der Waals surface area contributed by atoms with Crippen molar-refractivity contribution in [1.29, 1.82) is 0 Å². The maximum Gasteiger partial charge on any atom is 0.336 e. The summed E-state index contributed by atoms with van der Waals surface area (Å²) < 4.78 is 7.27. The Bertz CT molecular complexity index is 961. The summed E-state index contributed by atoms with van der Waals surface area (Å²) in [6, 6.07) is 15.2. The van der Waals surface area contributed by atoms with Gasteiger partial charge in [0.05, 0.1) is 18.7 Å². The molecule has 0 atom stereocenters. The van der Waals surface area contributed by atoms with E-state index in [0.717, 1.165) is 29.8 Å². The molecule has 0 spiro atoms. The fourth-order valence-corrected chi connectivity index (χ4v) is 2.97. The molecule has 2 aromatic carbocycles. The van der Waals surface area contributed by atoms with Gasteiger partial charge in [0.2, 0.25) is 0 Å². The number of hydrogen-bond donors (Lipinski definition) is 1. The van der Waals surface area contributed by atoms with Crippen LogP contribution >= 0.6 is 0 Å². The van der Waals surface area contributed by atoms with Crippen LogP contribution in [0.5, 0.6) is 6.01 Å². The number of carboxylic acid groups (broad SMARTS) is 1. The first-order valence-corrected chi connectivity index (χ1v) is 9.21. The highest BCUT2D eigenvalue weighted by Gasteiger charge is 2.13. The maximum atomic E-state index is 11.4. The lowest BCUT2D eigenvalue weighted by molar-refractivity contribution is 0.0697. The van der Waals surface area contributed by atoms with Gasteiger partial charge in [0.1, 0.15) is 5.82 Å². The van der Waals surface area contributed by atoms with Gasteiger partial charge in [-0.15, -0.1) is 11.7 Å². The summed E-state index contributed by atoms with van der Waals surface area (Å²) in [5, 5.41) is 13.8. The summed E-state index contributed by atoms with van der Waals surface area (Å²) in [6.07, 6.45) is 3.41. The number of carboxylic acids is 1. The van der Waals surface area contributed by atoms with Gasteiger partial charge in [-0.1, -0.05) is 48.5 Å². The summed E-state index contributed by atoms with van der Waals surface area (Å²) in [5.74, 6) is -0.0822. The second-order valence-corrected chi connectivity index (χ2v) is 6.28. The van der Waals surface area contributed by atoms with E-state index in [4.69, 9.17) is 4.74 Å². The third-order valence-corrected chi connectivity index (χ3v) is 4.33. The highest BCUT2D eigenvalue weighted by Crippen LogP contribution is 2.24. The summed E-state index contributed by atoms with van der Waals surface area (Å²) in [4.78, 5) is 15.9. The Morgan fingerprint density at radius 3 is 2.64 bits per heavy atom. The Morgan fingerprint density at radius 1 is 1.21 bits per heavy atom. The average Bonchev–Trinajstić information content (AvgIpc) is 3.08. The molecule has 0 amide bonds. The van der Waals surface area contributed by atoms with Crippen molar-refractivity contribution in [1.82, 2.24) is 14.8 Å². The smallest absolute Gasteiger partial charge is 0.336 e. The van der Waals surface area contributed by atoms with Crippen LogP contribution in [0.15, 0.2) is 61.2 Å². The fourth-order valence-electron chi connectivity index (χ4n) is 2.97. The largest absolute Gasteiger partial charge is 0.478 e.